The number of aromatic nitrogens is 1. The van der Waals surface area contributed by atoms with Crippen molar-refractivity contribution >= 4 is 45.0 Å². The zero-order chi connectivity index (χ0) is 19.6. The molecule has 2 aromatic rings. The smallest absolute Gasteiger partial charge is 0.357 e. The summed E-state index contributed by atoms with van der Waals surface area (Å²) in [6.07, 6.45) is 3.04. The van der Waals surface area contributed by atoms with Gasteiger partial charge in [0.2, 0.25) is 0 Å². The van der Waals surface area contributed by atoms with Gasteiger partial charge in [-0.1, -0.05) is 41.8 Å². The number of benzene rings is 1. The second-order valence-electron chi connectivity index (χ2n) is 5.92. The highest BCUT2D eigenvalue weighted by Gasteiger charge is 2.18. The third-order valence-electron chi connectivity index (χ3n) is 3.76. The van der Waals surface area contributed by atoms with E-state index in [1.807, 2.05) is 24.3 Å². The molecular weight excluding hydrogens is 430 g/mol. The van der Waals surface area contributed by atoms with Crippen LogP contribution in [0, 0.1) is 0 Å². The lowest BCUT2D eigenvalue weighted by atomic mass is 10.2. The van der Waals surface area contributed by atoms with Gasteiger partial charge in [0.15, 0.2) is 5.69 Å². The molecule has 0 radical (unpaired) electrons. The second-order valence-corrected chi connectivity index (χ2v) is 7.77. The minimum Gasteiger partial charge on any atom is -0.461 e. The number of urea groups is 1. The summed E-state index contributed by atoms with van der Waals surface area (Å²) < 4.78 is 5.87. The number of nitrogens with zero attached hydrogens (tertiary/aromatic N) is 2. The number of rotatable bonds is 9. The predicted octanol–water partition coefficient (Wildman–Crippen LogP) is 5.31. The molecular formula is C19H24BrN3O3S. The molecule has 0 spiro atoms. The lowest BCUT2D eigenvalue weighted by Crippen LogP contribution is -2.35. The standard InChI is InChI=1S/C19H24BrN3O3S/c1-3-5-6-10-23(19(25)21-15-9-7-8-14(20)11-15)12-17-22-16(13-27-17)18(24)26-4-2/h7-9,11,13H,3-6,10,12H2,1-2H3,(H,21,25). The van der Waals surface area contributed by atoms with Crippen molar-refractivity contribution in [2.75, 3.05) is 18.5 Å². The molecule has 0 unspecified atom stereocenters. The minimum absolute atomic E-state index is 0.183. The molecule has 0 atom stereocenters. The maximum atomic E-state index is 12.8. The van der Waals surface area contributed by atoms with Crippen LogP contribution in [0.3, 0.4) is 0 Å². The molecule has 1 heterocycles. The molecule has 0 fully saturated rings. The first-order valence-electron chi connectivity index (χ1n) is 8.96. The Labute approximate surface area is 172 Å². The molecule has 2 amide bonds. The summed E-state index contributed by atoms with van der Waals surface area (Å²) in [5, 5.41) is 5.30. The maximum absolute atomic E-state index is 12.8. The lowest BCUT2D eigenvalue weighted by molar-refractivity contribution is 0.0520. The number of amides is 2. The van der Waals surface area contributed by atoms with Gasteiger partial charge in [0.05, 0.1) is 13.2 Å². The molecule has 6 nitrogen and oxygen atoms in total. The average molecular weight is 454 g/mol. The molecule has 1 aromatic heterocycles. The highest BCUT2D eigenvalue weighted by molar-refractivity contribution is 9.10. The second kappa shape index (κ2) is 11.0. The van der Waals surface area contributed by atoms with Crippen LogP contribution in [-0.2, 0) is 11.3 Å². The third-order valence-corrected chi connectivity index (χ3v) is 5.08. The number of hydrogen-bond acceptors (Lipinski definition) is 5. The van der Waals surface area contributed by atoms with Crippen molar-refractivity contribution in [1.29, 1.82) is 0 Å². The minimum atomic E-state index is -0.434. The number of anilines is 1. The lowest BCUT2D eigenvalue weighted by Gasteiger charge is -2.22. The molecule has 1 N–H and O–H groups in total. The van der Waals surface area contributed by atoms with Crippen LogP contribution >= 0.6 is 27.3 Å². The Hall–Kier alpha value is -1.93. The molecule has 0 bridgehead atoms. The number of halogens is 1. The maximum Gasteiger partial charge on any atom is 0.357 e. The Bertz CT molecular complexity index is 766. The van der Waals surface area contributed by atoms with Gasteiger partial charge in [0.1, 0.15) is 5.01 Å². The normalized spacial score (nSPS) is 10.5. The summed E-state index contributed by atoms with van der Waals surface area (Å²) in [5.41, 5.74) is 1.01. The molecule has 0 aliphatic heterocycles. The molecule has 8 heteroatoms. The van der Waals surface area contributed by atoms with Crippen molar-refractivity contribution < 1.29 is 14.3 Å². The number of ether oxygens (including phenoxy) is 1. The van der Waals surface area contributed by atoms with E-state index in [0.29, 0.717) is 24.7 Å². The van der Waals surface area contributed by atoms with Crippen molar-refractivity contribution in [1.82, 2.24) is 9.88 Å². The summed E-state index contributed by atoms with van der Waals surface area (Å²) in [7, 11) is 0. The molecule has 0 aliphatic carbocycles. The van der Waals surface area contributed by atoms with Gasteiger partial charge in [-0.3, -0.25) is 0 Å². The number of hydrogen-bond donors (Lipinski definition) is 1. The van der Waals surface area contributed by atoms with E-state index < -0.39 is 5.97 Å². The van der Waals surface area contributed by atoms with Crippen molar-refractivity contribution in [3.63, 3.8) is 0 Å². The predicted molar refractivity (Wildman–Crippen MR) is 111 cm³/mol. The Morgan fingerprint density at radius 3 is 2.81 bits per heavy atom. The van der Waals surface area contributed by atoms with Gasteiger partial charge in [-0.15, -0.1) is 11.3 Å². The van der Waals surface area contributed by atoms with Crippen LogP contribution in [0.2, 0.25) is 0 Å². The monoisotopic (exact) mass is 453 g/mol. The first kappa shape index (κ1) is 21.4. The Morgan fingerprint density at radius 1 is 1.30 bits per heavy atom. The highest BCUT2D eigenvalue weighted by atomic mass is 79.9. The molecule has 0 saturated heterocycles. The quantitative estimate of drug-likeness (QED) is 0.412. The van der Waals surface area contributed by atoms with Crippen LogP contribution in [-0.4, -0.2) is 35.0 Å². The zero-order valence-corrected chi connectivity index (χ0v) is 17.9. The van der Waals surface area contributed by atoms with Crippen molar-refractivity contribution in [2.45, 2.75) is 39.7 Å². The topological polar surface area (TPSA) is 71.5 Å². The number of esters is 1. The number of thiazole rings is 1. The molecule has 1 aromatic carbocycles. The van der Waals surface area contributed by atoms with E-state index in [1.165, 1.54) is 11.3 Å². The van der Waals surface area contributed by atoms with E-state index in [0.717, 1.165) is 29.4 Å². The fourth-order valence-corrected chi connectivity index (χ4v) is 3.60. The molecule has 0 aliphatic rings. The Balaban J connectivity index is 2.06. The largest absolute Gasteiger partial charge is 0.461 e. The van der Waals surface area contributed by atoms with Crippen LogP contribution in [0.4, 0.5) is 10.5 Å². The fraction of sp³-hybridized carbons (Fsp3) is 0.421. The van der Waals surface area contributed by atoms with Gasteiger partial charge in [0, 0.05) is 22.1 Å². The number of unbranched alkanes of at least 4 members (excludes halogenated alkanes) is 2. The molecule has 27 heavy (non-hydrogen) atoms. The SMILES string of the molecule is CCCCCN(Cc1nc(C(=O)OCC)cs1)C(=O)Nc1cccc(Br)c1. The molecule has 2 rings (SSSR count). The van der Waals surface area contributed by atoms with Gasteiger partial charge in [0.25, 0.3) is 0 Å². The number of carbonyl (C=O) groups is 2. The summed E-state index contributed by atoms with van der Waals surface area (Å²) >= 11 is 4.76. The summed E-state index contributed by atoms with van der Waals surface area (Å²) in [5.74, 6) is -0.434. The van der Waals surface area contributed by atoms with E-state index in [4.69, 9.17) is 4.74 Å². The van der Waals surface area contributed by atoms with Crippen LogP contribution in [0.1, 0.15) is 48.6 Å². The first-order valence-corrected chi connectivity index (χ1v) is 10.6. The van der Waals surface area contributed by atoms with E-state index in [-0.39, 0.29) is 11.7 Å². The summed E-state index contributed by atoms with van der Waals surface area (Å²) in [4.78, 5) is 30.6. The van der Waals surface area contributed by atoms with Crippen LogP contribution in [0.25, 0.3) is 0 Å². The molecule has 0 saturated carbocycles. The van der Waals surface area contributed by atoms with Crippen molar-refractivity contribution in [2.24, 2.45) is 0 Å². The number of nitrogens with one attached hydrogen (secondary N) is 1. The van der Waals surface area contributed by atoms with Crippen molar-refractivity contribution in [3.8, 4) is 0 Å². The highest BCUT2D eigenvalue weighted by Crippen LogP contribution is 2.18. The van der Waals surface area contributed by atoms with Gasteiger partial charge in [-0.05, 0) is 31.5 Å². The van der Waals surface area contributed by atoms with Gasteiger partial charge < -0.3 is 15.0 Å². The Kier molecular flexibility index (Phi) is 8.74. The third kappa shape index (κ3) is 6.95. The van der Waals surface area contributed by atoms with E-state index in [1.54, 1.807) is 17.2 Å². The van der Waals surface area contributed by atoms with Crippen molar-refractivity contribution in [3.05, 3.63) is 44.8 Å². The summed E-state index contributed by atoms with van der Waals surface area (Å²) in [6, 6.07) is 7.28. The van der Waals surface area contributed by atoms with Gasteiger partial charge in [-0.25, -0.2) is 14.6 Å². The van der Waals surface area contributed by atoms with Gasteiger partial charge in [-0.2, -0.15) is 0 Å². The van der Waals surface area contributed by atoms with Crippen LogP contribution < -0.4 is 5.32 Å². The van der Waals surface area contributed by atoms with E-state index in [2.05, 4.69) is 33.2 Å². The van der Waals surface area contributed by atoms with Crippen LogP contribution in [0.15, 0.2) is 34.1 Å². The zero-order valence-electron chi connectivity index (χ0n) is 15.5. The average Bonchev–Trinajstić information content (AvgIpc) is 3.10. The number of carbonyl (C=O) groups excluding carboxylic acids is 2. The van der Waals surface area contributed by atoms with Crippen LogP contribution in [0.5, 0.6) is 0 Å². The van der Waals surface area contributed by atoms with E-state index in [9.17, 15) is 9.59 Å². The van der Waals surface area contributed by atoms with E-state index >= 15 is 0 Å². The fourth-order valence-electron chi connectivity index (χ4n) is 2.42. The summed E-state index contributed by atoms with van der Waals surface area (Å²) in [6.45, 7) is 5.17. The Morgan fingerprint density at radius 2 is 2.11 bits per heavy atom. The molecule has 146 valence electrons. The first-order chi connectivity index (χ1) is 13.0. The van der Waals surface area contributed by atoms with Gasteiger partial charge >= 0.3 is 12.0 Å².